The SMILES string of the molecule is CC(Sc1nnc(-c2ccc(F)cc2)n1N)C(=O)N(Cc1ccccc1)Cc1ccccc1. The number of nitrogens with two attached hydrogens (primary N) is 1. The molecule has 1 unspecified atom stereocenters. The van der Waals surface area contributed by atoms with Gasteiger partial charge in [0.2, 0.25) is 11.1 Å². The molecule has 1 heterocycles. The van der Waals surface area contributed by atoms with Crippen molar-refractivity contribution < 1.29 is 9.18 Å². The first-order valence-corrected chi connectivity index (χ1v) is 11.4. The first-order chi connectivity index (χ1) is 16.0. The Morgan fingerprint density at radius 1 is 0.939 bits per heavy atom. The van der Waals surface area contributed by atoms with Gasteiger partial charge in [0, 0.05) is 18.7 Å². The van der Waals surface area contributed by atoms with Gasteiger partial charge in [-0.3, -0.25) is 4.79 Å². The van der Waals surface area contributed by atoms with E-state index >= 15 is 0 Å². The monoisotopic (exact) mass is 461 g/mol. The number of thioether (sulfide) groups is 1. The Kier molecular flexibility index (Phi) is 7.04. The maximum atomic E-state index is 13.4. The molecule has 4 rings (SSSR count). The van der Waals surface area contributed by atoms with Crippen LogP contribution in [0.4, 0.5) is 4.39 Å². The van der Waals surface area contributed by atoms with Crippen molar-refractivity contribution in [2.75, 3.05) is 5.84 Å². The van der Waals surface area contributed by atoms with E-state index < -0.39 is 5.25 Å². The fourth-order valence-corrected chi connectivity index (χ4v) is 4.29. The molecule has 0 radical (unpaired) electrons. The lowest BCUT2D eigenvalue weighted by atomic mass is 10.1. The van der Waals surface area contributed by atoms with Crippen molar-refractivity contribution >= 4 is 17.7 Å². The highest BCUT2D eigenvalue weighted by molar-refractivity contribution is 8.00. The van der Waals surface area contributed by atoms with Gasteiger partial charge in [-0.25, -0.2) is 9.07 Å². The largest absolute Gasteiger partial charge is 0.335 e. The van der Waals surface area contributed by atoms with Crippen molar-refractivity contribution in [2.45, 2.75) is 30.4 Å². The zero-order valence-corrected chi connectivity index (χ0v) is 19.0. The zero-order chi connectivity index (χ0) is 23.2. The van der Waals surface area contributed by atoms with Crippen molar-refractivity contribution in [3.63, 3.8) is 0 Å². The number of carbonyl (C=O) groups excluding carboxylic acids is 1. The number of hydrogen-bond donors (Lipinski definition) is 1. The molecule has 0 spiro atoms. The highest BCUT2D eigenvalue weighted by atomic mass is 32.2. The van der Waals surface area contributed by atoms with E-state index in [9.17, 15) is 9.18 Å². The minimum atomic E-state index is -0.440. The van der Waals surface area contributed by atoms with Crippen LogP contribution in [-0.2, 0) is 17.9 Å². The lowest BCUT2D eigenvalue weighted by Crippen LogP contribution is -2.36. The topological polar surface area (TPSA) is 77.0 Å². The second-order valence-corrected chi connectivity index (χ2v) is 8.92. The van der Waals surface area contributed by atoms with Gasteiger partial charge in [-0.05, 0) is 42.3 Å². The first kappa shape index (κ1) is 22.5. The Hall–Kier alpha value is -3.65. The van der Waals surface area contributed by atoms with Crippen LogP contribution in [0.1, 0.15) is 18.1 Å². The molecule has 0 aliphatic rings. The van der Waals surface area contributed by atoms with E-state index in [1.807, 2.05) is 72.5 Å². The highest BCUT2D eigenvalue weighted by Gasteiger charge is 2.25. The Bertz CT molecular complexity index is 1160. The number of aromatic nitrogens is 3. The number of nitrogens with zero attached hydrogens (tertiary/aromatic N) is 4. The molecule has 168 valence electrons. The van der Waals surface area contributed by atoms with Crippen molar-refractivity contribution in [1.29, 1.82) is 0 Å². The van der Waals surface area contributed by atoms with Crippen LogP contribution in [0.5, 0.6) is 0 Å². The van der Waals surface area contributed by atoms with Gasteiger partial charge in [0.25, 0.3) is 0 Å². The van der Waals surface area contributed by atoms with Crippen LogP contribution < -0.4 is 5.84 Å². The van der Waals surface area contributed by atoms with Gasteiger partial charge in [0.1, 0.15) is 5.82 Å². The van der Waals surface area contributed by atoms with Crippen LogP contribution >= 0.6 is 11.8 Å². The summed E-state index contributed by atoms with van der Waals surface area (Å²) in [7, 11) is 0. The summed E-state index contributed by atoms with van der Waals surface area (Å²) in [5, 5.41) is 8.25. The lowest BCUT2D eigenvalue weighted by Gasteiger charge is -2.26. The predicted octanol–water partition coefficient (Wildman–Crippen LogP) is 4.51. The fraction of sp³-hybridized carbons (Fsp3) is 0.160. The Morgan fingerprint density at radius 3 is 2.03 bits per heavy atom. The Labute approximate surface area is 196 Å². The summed E-state index contributed by atoms with van der Waals surface area (Å²) in [5.74, 6) is 6.23. The maximum absolute atomic E-state index is 13.4. The van der Waals surface area contributed by atoms with E-state index in [1.165, 1.54) is 28.6 Å². The van der Waals surface area contributed by atoms with Crippen LogP contribution in [0.25, 0.3) is 11.4 Å². The molecule has 6 nitrogen and oxygen atoms in total. The van der Waals surface area contributed by atoms with Crippen LogP contribution in [0, 0.1) is 5.82 Å². The van der Waals surface area contributed by atoms with Gasteiger partial charge in [0.15, 0.2) is 5.82 Å². The van der Waals surface area contributed by atoms with E-state index in [-0.39, 0.29) is 11.7 Å². The molecule has 1 atom stereocenters. The molecular weight excluding hydrogens is 437 g/mol. The summed E-state index contributed by atoms with van der Waals surface area (Å²) >= 11 is 1.25. The number of nitrogen functional groups attached to an aromatic ring is 1. The number of rotatable bonds is 8. The number of amides is 1. The van der Waals surface area contributed by atoms with Crippen molar-refractivity contribution in [3.8, 4) is 11.4 Å². The minimum Gasteiger partial charge on any atom is -0.335 e. The Morgan fingerprint density at radius 2 is 1.48 bits per heavy atom. The van der Waals surface area contributed by atoms with Crippen LogP contribution in [0.3, 0.4) is 0 Å². The third-order valence-electron chi connectivity index (χ3n) is 5.14. The minimum absolute atomic E-state index is 0.0287. The molecule has 2 N–H and O–H groups in total. The van der Waals surface area contributed by atoms with Crippen LogP contribution in [-0.4, -0.2) is 30.9 Å². The molecule has 0 aliphatic carbocycles. The molecule has 0 bridgehead atoms. The second kappa shape index (κ2) is 10.3. The molecule has 4 aromatic rings. The molecule has 0 saturated heterocycles. The zero-order valence-electron chi connectivity index (χ0n) is 18.1. The van der Waals surface area contributed by atoms with Crippen LogP contribution in [0.2, 0.25) is 0 Å². The van der Waals surface area contributed by atoms with Gasteiger partial charge < -0.3 is 10.7 Å². The fourth-order valence-electron chi connectivity index (χ4n) is 3.44. The lowest BCUT2D eigenvalue weighted by molar-refractivity contribution is -0.131. The van der Waals surface area contributed by atoms with E-state index in [0.717, 1.165) is 11.1 Å². The quantitative estimate of drug-likeness (QED) is 0.309. The maximum Gasteiger partial charge on any atom is 0.236 e. The average molecular weight is 462 g/mol. The number of hydrogen-bond acceptors (Lipinski definition) is 5. The van der Waals surface area contributed by atoms with E-state index in [4.69, 9.17) is 5.84 Å². The van der Waals surface area contributed by atoms with Gasteiger partial charge in [-0.15, -0.1) is 10.2 Å². The molecule has 3 aromatic carbocycles. The molecule has 0 fully saturated rings. The smallest absolute Gasteiger partial charge is 0.236 e. The molecule has 1 aromatic heterocycles. The summed E-state index contributed by atoms with van der Waals surface area (Å²) in [5.41, 5.74) is 2.76. The van der Waals surface area contributed by atoms with Gasteiger partial charge in [-0.1, -0.05) is 72.4 Å². The summed E-state index contributed by atoms with van der Waals surface area (Å²) < 4.78 is 14.6. The van der Waals surface area contributed by atoms with E-state index in [1.54, 1.807) is 12.1 Å². The molecular formula is C25H24FN5OS. The number of benzene rings is 3. The predicted molar refractivity (Wildman–Crippen MR) is 128 cm³/mol. The van der Waals surface area contributed by atoms with Crippen molar-refractivity contribution in [3.05, 3.63) is 102 Å². The molecule has 0 aliphatic heterocycles. The third kappa shape index (κ3) is 5.59. The first-order valence-electron chi connectivity index (χ1n) is 10.5. The van der Waals surface area contributed by atoms with Crippen molar-refractivity contribution in [2.24, 2.45) is 0 Å². The van der Waals surface area contributed by atoms with E-state index in [0.29, 0.717) is 29.6 Å². The van der Waals surface area contributed by atoms with Gasteiger partial charge in [0.05, 0.1) is 5.25 Å². The normalized spacial score (nSPS) is 11.8. The summed E-state index contributed by atoms with van der Waals surface area (Å²) in [6, 6.07) is 25.7. The van der Waals surface area contributed by atoms with Crippen LogP contribution in [0.15, 0.2) is 90.1 Å². The molecule has 8 heteroatoms. The van der Waals surface area contributed by atoms with E-state index in [2.05, 4.69) is 10.2 Å². The molecule has 0 saturated carbocycles. The van der Waals surface area contributed by atoms with Gasteiger partial charge in [-0.2, -0.15) is 0 Å². The Balaban J connectivity index is 1.52. The molecule has 1 amide bonds. The summed E-state index contributed by atoms with van der Waals surface area (Å²) in [4.78, 5) is 15.3. The second-order valence-electron chi connectivity index (χ2n) is 7.61. The van der Waals surface area contributed by atoms with Crippen molar-refractivity contribution in [1.82, 2.24) is 19.8 Å². The summed E-state index contributed by atoms with van der Waals surface area (Å²) in [6.07, 6.45) is 0. The number of halogens is 1. The highest BCUT2D eigenvalue weighted by Crippen LogP contribution is 2.26. The molecule has 33 heavy (non-hydrogen) atoms. The number of carbonyl (C=O) groups is 1. The standard InChI is InChI=1S/C25H24FN5OS/c1-18(33-25-29-28-23(31(25)27)21-12-14-22(26)15-13-21)24(32)30(16-19-8-4-2-5-9-19)17-20-10-6-3-7-11-20/h2-15,18H,16-17,27H2,1H3. The third-order valence-corrected chi connectivity index (χ3v) is 6.19. The van der Waals surface area contributed by atoms with Gasteiger partial charge >= 0.3 is 0 Å². The summed E-state index contributed by atoms with van der Waals surface area (Å²) in [6.45, 7) is 2.83. The average Bonchev–Trinajstić information content (AvgIpc) is 3.20.